The molecule has 0 unspecified atom stereocenters. The zero-order valence-electron chi connectivity index (χ0n) is 11.4. The molecule has 1 aromatic heterocycles. The summed E-state index contributed by atoms with van der Waals surface area (Å²) in [6.07, 6.45) is 3.53. The fourth-order valence-corrected chi connectivity index (χ4v) is 3.37. The average Bonchev–Trinajstić information content (AvgIpc) is 3.03. The Balaban J connectivity index is 1.66. The first kappa shape index (κ1) is 13.2. The van der Waals surface area contributed by atoms with Crippen molar-refractivity contribution in [2.75, 3.05) is 5.73 Å². The van der Waals surface area contributed by atoms with E-state index in [2.05, 4.69) is 12.1 Å². The molecular formula is C16H17NO2S. The van der Waals surface area contributed by atoms with Crippen molar-refractivity contribution in [2.24, 2.45) is 0 Å². The normalized spacial score (nSPS) is 13.2. The number of aryl methyl sites for hydroxylation is 3. The average molecular weight is 287 g/mol. The van der Waals surface area contributed by atoms with Gasteiger partial charge in [0, 0.05) is 10.6 Å². The number of esters is 1. The Kier molecular flexibility index (Phi) is 3.49. The van der Waals surface area contributed by atoms with Crippen LogP contribution in [0.3, 0.4) is 0 Å². The van der Waals surface area contributed by atoms with Crippen LogP contribution >= 0.6 is 11.3 Å². The summed E-state index contributed by atoms with van der Waals surface area (Å²) >= 11 is 1.38. The third kappa shape index (κ3) is 2.56. The van der Waals surface area contributed by atoms with Crippen LogP contribution in [0.15, 0.2) is 24.3 Å². The van der Waals surface area contributed by atoms with Crippen molar-refractivity contribution in [2.45, 2.75) is 32.8 Å². The smallest absolute Gasteiger partial charge is 0.348 e. The van der Waals surface area contributed by atoms with Gasteiger partial charge in [0.1, 0.15) is 11.5 Å². The van der Waals surface area contributed by atoms with Crippen molar-refractivity contribution in [3.63, 3.8) is 0 Å². The van der Waals surface area contributed by atoms with Crippen LogP contribution in [0.4, 0.5) is 5.69 Å². The predicted molar refractivity (Wildman–Crippen MR) is 81.1 cm³/mol. The lowest BCUT2D eigenvalue weighted by molar-refractivity contribution is 0.0478. The molecule has 2 N–H and O–H groups in total. The van der Waals surface area contributed by atoms with Crippen molar-refractivity contribution < 1.29 is 9.53 Å². The first-order chi connectivity index (χ1) is 9.63. The van der Waals surface area contributed by atoms with Crippen LogP contribution in [0.2, 0.25) is 0 Å². The number of hydrogen-bond acceptors (Lipinski definition) is 4. The molecule has 0 amide bonds. The van der Waals surface area contributed by atoms with Crippen LogP contribution in [0.5, 0.6) is 0 Å². The monoisotopic (exact) mass is 287 g/mol. The molecule has 0 bridgehead atoms. The van der Waals surface area contributed by atoms with E-state index < -0.39 is 0 Å². The molecule has 4 heteroatoms. The summed E-state index contributed by atoms with van der Waals surface area (Å²) in [7, 11) is 0. The lowest BCUT2D eigenvalue weighted by atomic mass is 10.1. The van der Waals surface area contributed by atoms with Crippen molar-refractivity contribution in [3.05, 3.63) is 50.7 Å². The zero-order valence-corrected chi connectivity index (χ0v) is 12.3. The van der Waals surface area contributed by atoms with Crippen molar-refractivity contribution in [1.29, 1.82) is 0 Å². The highest BCUT2D eigenvalue weighted by molar-refractivity contribution is 7.14. The summed E-state index contributed by atoms with van der Waals surface area (Å²) in [5.74, 6) is -0.296. The van der Waals surface area contributed by atoms with Gasteiger partial charge in [0.2, 0.25) is 0 Å². The molecule has 1 heterocycles. The van der Waals surface area contributed by atoms with Gasteiger partial charge >= 0.3 is 5.97 Å². The number of anilines is 1. The first-order valence-electron chi connectivity index (χ1n) is 6.77. The van der Waals surface area contributed by atoms with Gasteiger partial charge in [-0.3, -0.25) is 0 Å². The third-order valence-corrected chi connectivity index (χ3v) is 4.74. The van der Waals surface area contributed by atoms with E-state index in [1.807, 2.05) is 13.0 Å². The summed E-state index contributed by atoms with van der Waals surface area (Å²) in [6, 6.07) is 8.04. The van der Waals surface area contributed by atoms with Crippen molar-refractivity contribution in [1.82, 2.24) is 0 Å². The minimum Gasteiger partial charge on any atom is -0.457 e. The van der Waals surface area contributed by atoms with Crippen LogP contribution in [0, 0.1) is 6.92 Å². The van der Waals surface area contributed by atoms with Crippen LogP contribution in [-0.2, 0) is 24.2 Å². The molecule has 2 aromatic rings. The predicted octanol–water partition coefficient (Wildman–Crippen LogP) is 3.48. The maximum absolute atomic E-state index is 11.9. The number of nitrogen functional groups attached to an aromatic ring is 1. The number of carbonyl (C=O) groups is 1. The van der Waals surface area contributed by atoms with Crippen molar-refractivity contribution in [3.8, 4) is 0 Å². The van der Waals surface area contributed by atoms with Gasteiger partial charge in [0.25, 0.3) is 0 Å². The number of carbonyl (C=O) groups excluding carboxylic acids is 1. The number of thiophene rings is 1. The van der Waals surface area contributed by atoms with E-state index in [1.165, 1.54) is 35.3 Å². The quantitative estimate of drug-likeness (QED) is 0.879. The van der Waals surface area contributed by atoms with E-state index >= 15 is 0 Å². The maximum Gasteiger partial charge on any atom is 0.348 e. The lowest BCUT2D eigenvalue weighted by Gasteiger charge is -2.06. The Hall–Kier alpha value is -1.81. The van der Waals surface area contributed by atoms with Gasteiger partial charge in [0.15, 0.2) is 0 Å². The highest BCUT2D eigenvalue weighted by Crippen LogP contribution is 2.25. The molecule has 0 aliphatic heterocycles. The van der Waals surface area contributed by atoms with E-state index in [9.17, 15) is 4.79 Å². The van der Waals surface area contributed by atoms with Gasteiger partial charge in [-0.25, -0.2) is 4.79 Å². The topological polar surface area (TPSA) is 52.3 Å². The Bertz CT molecular complexity index is 641. The Morgan fingerprint density at radius 2 is 2.10 bits per heavy atom. The minimum absolute atomic E-state index is 0.296. The number of fused-ring (bicyclic) bond motifs is 1. The SMILES string of the molecule is Cc1sc(C(=O)OCc2ccc3c(c2)CCC3)cc1N. The van der Waals surface area contributed by atoms with Crippen molar-refractivity contribution >= 4 is 23.0 Å². The molecule has 0 saturated heterocycles. The molecule has 0 radical (unpaired) electrons. The van der Waals surface area contributed by atoms with Crippen LogP contribution < -0.4 is 5.73 Å². The molecule has 0 fully saturated rings. The van der Waals surface area contributed by atoms with Gasteiger partial charge in [-0.05, 0) is 48.9 Å². The zero-order chi connectivity index (χ0) is 14.1. The second-order valence-electron chi connectivity index (χ2n) is 5.15. The lowest BCUT2D eigenvalue weighted by Crippen LogP contribution is -2.03. The number of hydrogen-bond donors (Lipinski definition) is 1. The van der Waals surface area contributed by atoms with E-state index in [4.69, 9.17) is 10.5 Å². The van der Waals surface area contributed by atoms with Crippen LogP contribution in [0.25, 0.3) is 0 Å². The molecule has 0 spiro atoms. The molecule has 1 aliphatic carbocycles. The number of ether oxygens (including phenoxy) is 1. The fourth-order valence-electron chi connectivity index (χ4n) is 2.53. The molecule has 0 atom stereocenters. The summed E-state index contributed by atoms with van der Waals surface area (Å²) in [6.45, 7) is 2.22. The first-order valence-corrected chi connectivity index (χ1v) is 7.59. The Labute approximate surface area is 122 Å². The van der Waals surface area contributed by atoms with E-state index in [0.29, 0.717) is 17.2 Å². The van der Waals surface area contributed by atoms with Gasteiger partial charge in [-0.1, -0.05) is 18.2 Å². The van der Waals surface area contributed by atoms with Gasteiger partial charge in [-0.15, -0.1) is 11.3 Å². The number of benzene rings is 1. The summed E-state index contributed by atoms with van der Waals surface area (Å²) in [4.78, 5) is 13.5. The molecule has 1 aliphatic rings. The second kappa shape index (κ2) is 5.29. The maximum atomic E-state index is 11.9. The molecule has 0 saturated carbocycles. The van der Waals surface area contributed by atoms with Gasteiger partial charge in [-0.2, -0.15) is 0 Å². The largest absolute Gasteiger partial charge is 0.457 e. The molecule has 3 nitrogen and oxygen atoms in total. The van der Waals surface area contributed by atoms with Crippen LogP contribution in [0.1, 0.15) is 37.7 Å². The van der Waals surface area contributed by atoms with Gasteiger partial charge in [0.05, 0.1) is 0 Å². The summed E-state index contributed by atoms with van der Waals surface area (Å²) < 4.78 is 5.36. The Morgan fingerprint density at radius 3 is 2.85 bits per heavy atom. The highest BCUT2D eigenvalue weighted by atomic mass is 32.1. The minimum atomic E-state index is -0.296. The number of nitrogens with two attached hydrogens (primary N) is 1. The van der Waals surface area contributed by atoms with E-state index in [0.717, 1.165) is 16.9 Å². The molecule has 1 aromatic carbocycles. The standard InChI is InChI=1S/C16H17NO2S/c1-10-14(17)8-15(20-10)16(18)19-9-11-5-6-12-3-2-4-13(12)7-11/h5-8H,2-4,9,17H2,1H3. The molecule has 3 rings (SSSR count). The van der Waals surface area contributed by atoms with E-state index in [-0.39, 0.29) is 5.97 Å². The Morgan fingerprint density at radius 1 is 1.30 bits per heavy atom. The van der Waals surface area contributed by atoms with E-state index in [1.54, 1.807) is 6.07 Å². The fraction of sp³-hybridized carbons (Fsp3) is 0.312. The van der Waals surface area contributed by atoms with Gasteiger partial charge < -0.3 is 10.5 Å². The molecular weight excluding hydrogens is 270 g/mol. The molecule has 20 heavy (non-hydrogen) atoms. The highest BCUT2D eigenvalue weighted by Gasteiger charge is 2.14. The van der Waals surface area contributed by atoms with Crippen LogP contribution in [-0.4, -0.2) is 5.97 Å². The second-order valence-corrected chi connectivity index (χ2v) is 6.41. The molecule has 104 valence electrons. The summed E-state index contributed by atoms with van der Waals surface area (Å²) in [5.41, 5.74) is 10.3. The number of rotatable bonds is 3. The summed E-state index contributed by atoms with van der Waals surface area (Å²) in [5, 5.41) is 0. The third-order valence-electron chi connectivity index (χ3n) is 3.69.